The molecule has 4 unspecified atom stereocenters. The van der Waals surface area contributed by atoms with Crippen LogP contribution in [0.25, 0.3) is 0 Å². The topological polar surface area (TPSA) is 193 Å². The summed E-state index contributed by atoms with van der Waals surface area (Å²) >= 11 is 0. The number of carboxylic acids is 2. The molecule has 4 atom stereocenters. The van der Waals surface area contributed by atoms with E-state index in [2.05, 4.69) is 0 Å². The van der Waals surface area contributed by atoms with Crippen molar-refractivity contribution in [2.45, 2.75) is 37.3 Å². The summed E-state index contributed by atoms with van der Waals surface area (Å²) in [5.74, 6) is -2.15. The maximum atomic E-state index is 9.90. The number of carboxylic acid groups (broad SMARTS) is 2. The van der Waals surface area contributed by atoms with Gasteiger partial charge in [0, 0.05) is 0 Å². The lowest BCUT2D eigenvalue weighted by atomic mass is 10.0. The van der Waals surface area contributed by atoms with E-state index in [0.29, 0.717) is 0 Å². The van der Waals surface area contributed by atoms with Crippen LogP contribution in [0.15, 0.2) is 0 Å². The van der Waals surface area contributed by atoms with Gasteiger partial charge in [0.25, 0.3) is 0 Å². The zero-order chi connectivity index (χ0) is 16.3. The highest BCUT2D eigenvalue weighted by atomic mass is 16.4. The summed E-state index contributed by atoms with van der Waals surface area (Å²) in [5.41, 5.74) is 0. The van der Waals surface area contributed by atoms with E-state index in [-0.39, 0.29) is 19.1 Å². The number of aliphatic hydroxyl groups excluding tert-OH is 5. The molecular weight excluding hydrogens is 280 g/mol. The number of aliphatic hydroxyl groups is 5. The quantitative estimate of drug-likeness (QED) is 0.221. The molecule has 0 aromatic heterocycles. The summed E-state index contributed by atoms with van der Waals surface area (Å²) in [5, 5.41) is 59.3. The van der Waals surface area contributed by atoms with E-state index in [1.807, 2.05) is 0 Å². The summed E-state index contributed by atoms with van der Waals surface area (Å²) in [6.45, 7) is -0.760. The van der Waals surface area contributed by atoms with Gasteiger partial charge in [0.15, 0.2) is 6.29 Å². The van der Waals surface area contributed by atoms with Crippen LogP contribution < -0.4 is 0 Å². The smallest absolute Gasteiger partial charge is 0.303 e. The van der Waals surface area contributed by atoms with Gasteiger partial charge in [-0.05, 0) is 0 Å². The molecule has 10 heteroatoms. The number of hydrogen-bond acceptors (Lipinski definition) is 8. The molecule has 0 aromatic rings. The van der Waals surface area contributed by atoms with Crippen molar-refractivity contribution in [2.24, 2.45) is 0 Å². The minimum atomic E-state index is -1.79. The minimum absolute atomic E-state index is 0.0258. The summed E-state index contributed by atoms with van der Waals surface area (Å²) in [6, 6.07) is 0. The number of carbonyl (C=O) groups is 3. The van der Waals surface area contributed by atoms with Crippen LogP contribution in [0.4, 0.5) is 0 Å². The van der Waals surface area contributed by atoms with Crippen molar-refractivity contribution in [3.8, 4) is 0 Å². The van der Waals surface area contributed by atoms with Crippen molar-refractivity contribution in [3.63, 3.8) is 0 Å². The molecule has 0 spiro atoms. The number of hydrogen-bond donors (Lipinski definition) is 7. The van der Waals surface area contributed by atoms with Crippen LogP contribution >= 0.6 is 0 Å². The standard InChI is InChI=1S/C6H12O6.C4H6O4/c7-1-3(9)5(11)6(12)4(10)2-8;5-3(6)1-2-4(7)8/h1,3-6,8-12H,2H2;1-2H2,(H,5,6)(H,7,8). The normalized spacial score (nSPS) is 16.1. The largest absolute Gasteiger partial charge is 0.481 e. The van der Waals surface area contributed by atoms with Crippen molar-refractivity contribution in [2.75, 3.05) is 6.61 Å². The van der Waals surface area contributed by atoms with Gasteiger partial charge in [0.05, 0.1) is 19.4 Å². The lowest BCUT2D eigenvalue weighted by molar-refractivity contribution is -0.143. The first-order valence-corrected chi connectivity index (χ1v) is 5.39. The van der Waals surface area contributed by atoms with Crippen molar-refractivity contribution in [3.05, 3.63) is 0 Å². The molecule has 0 aliphatic carbocycles. The SMILES string of the molecule is O=C(O)CCC(=O)O.O=CC(O)C(O)C(O)C(O)CO. The van der Waals surface area contributed by atoms with E-state index < -0.39 is 43.0 Å². The van der Waals surface area contributed by atoms with Crippen LogP contribution in [0, 0.1) is 0 Å². The van der Waals surface area contributed by atoms with Gasteiger partial charge < -0.3 is 40.5 Å². The average Bonchev–Trinajstić information content (AvgIpc) is 2.42. The molecule has 0 bridgehead atoms. The molecule has 20 heavy (non-hydrogen) atoms. The van der Waals surface area contributed by atoms with Gasteiger partial charge in [-0.3, -0.25) is 9.59 Å². The van der Waals surface area contributed by atoms with E-state index in [4.69, 9.17) is 35.7 Å². The Hall–Kier alpha value is -1.59. The van der Waals surface area contributed by atoms with Crippen molar-refractivity contribution in [1.29, 1.82) is 0 Å². The minimum Gasteiger partial charge on any atom is -0.481 e. The number of aliphatic carboxylic acids is 2. The highest BCUT2D eigenvalue weighted by molar-refractivity contribution is 5.75. The Morgan fingerprint density at radius 1 is 0.900 bits per heavy atom. The first-order valence-electron chi connectivity index (χ1n) is 5.39. The third kappa shape index (κ3) is 10.3. The zero-order valence-electron chi connectivity index (χ0n) is 10.4. The van der Waals surface area contributed by atoms with Crippen LogP contribution in [0.5, 0.6) is 0 Å². The number of carbonyl (C=O) groups excluding carboxylic acids is 1. The van der Waals surface area contributed by atoms with Crippen LogP contribution in [-0.2, 0) is 14.4 Å². The van der Waals surface area contributed by atoms with Crippen molar-refractivity contribution < 1.29 is 50.1 Å². The maximum absolute atomic E-state index is 9.90. The third-order valence-corrected chi connectivity index (χ3v) is 1.97. The first-order chi connectivity index (χ1) is 9.17. The maximum Gasteiger partial charge on any atom is 0.303 e. The highest BCUT2D eigenvalue weighted by Crippen LogP contribution is 2.02. The number of rotatable bonds is 8. The second-order valence-corrected chi connectivity index (χ2v) is 3.65. The fourth-order valence-corrected chi connectivity index (χ4v) is 0.832. The van der Waals surface area contributed by atoms with Crippen molar-refractivity contribution >= 4 is 18.2 Å². The molecule has 0 saturated carbocycles. The molecular formula is C10H18O10. The van der Waals surface area contributed by atoms with Gasteiger partial charge in [-0.2, -0.15) is 0 Å². The van der Waals surface area contributed by atoms with Gasteiger partial charge in [-0.25, -0.2) is 0 Å². The van der Waals surface area contributed by atoms with E-state index in [9.17, 15) is 14.4 Å². The summed E-state index contributed by atoms with van der Waals surface area (Å²) in [7, 11) is 0. The fourth-order valence-electron chi connectivity index (χ4n) is 0.832. The second kappa shape index (κ2) is 11.3. The molecule has 0 aliphatic heterocycles. The predicted molar refractivity (Wildman–Crippen MR) is 61.7 cm³/mol. The van der Waals surface area contributed by atoms with Crippen LogP contribution in [-0.4, -0.2) is 85.0 Å². The highest BCUT2D eigenvalue weighted by Gasteiger charge is 2.29. The molecule has 0 aromatic carbocycles. The van der Waals surface area contributed by atoms with E-state index >= 15 is 0 Å². The second-order valence-electron chi connectivity index (χ2n) is 3.65. The van der Waals surface area contributed by atoms with Crippen molar-refractivity contribution in [1.82, 2.24) is 0 Å². The summed E-state index contributed by atoms with van der Waals surface area (Å²) in [6.07, 6.45) is -7.43. The Kier molecular flexibility index (Phi) is 11.7. The Morgan fingerprint density at radius 2 is 1.30 bits per heavy atom. The lowest BCUT2D eigenvalue weighted by Crippen LogP contribution is -2.46. The Bertz CT molecular complexity index is 290. The molecule has 0 fully saturated rings. The summed E-state index contributed by atoms with van der Waals surface area (Å²) < 4.78 is 0. The molecule has 0 heterocycles. The van der Waals surface area contributed by atoms with E-state index in [1.54, 1.807) is 0 Å². The molecule has 0 aliphatic rings. The lowest BCUT2D eigenvalue weighted by Gasteiger charge is -2.22. The molecule has 0 radical (unpaired) electrons. The summed E-state index contributed by atoms with van der Waals surface area (Å²) in [4.78, 5) is 29.2. The molecule has 0 rings (SSSR count). The van der Waals surface area contributed by atoms with Crippen LogP contribution in [0.3, 0.4) is 0 Å². The van der Waals surface area contributed by atoms with Gasteiger partial charge >= 0.3 is 11.9 Å². The van der Waals surface area contributed by atoms with E-state index in [0.717, 1.165) is 0 Å². The van der Waals surface area contributed by atoms with Gasteiger partial charge in [0.2, 0.25) is 0 Å². The van der Waals surface area contributed by atoms with E-state index in [1.165, 1.54) is 0 Å². The third-order valence-electron chi connectivity index (χ3n) is 1.97. The predicted octanol–water partition coefficient (Wildman–Crippen LogP) is -3.44. The fraction of sp³-hybridized carbons (Fsp3) is 0.700. The van der Waals surface area contributed by atoms with Gasteiger partial charge in [0.1, 0.15) is 24.4 Å². The Labute approximate surface area is 113 Å². The molecule has 0 amide bonds. The van der Waals surface area contributed by atoms with Gasteiger partial charge in [-0.15, -0.1) is 0 Å². The molecule has 7 N–H and O–H groups in total. The molecule has 10 nitrogen and oxygen atoms in total. The monoisotopic (exact) mass is 298 g/mol. The van der Waals surface area contributed by atoms with Crippen LogP contribution in [0.1, 0.15) is 12.8 Å². The first kappa shape index (κ1) is 20.7. The average molecular weight is 298 g/mol. The molecule has 0 saturated heterocycles. The van der Waals surface area contributed by atoms with Crippen LogP contribution in [0.2, 0.25) is 0 Å². The number of aldehydes is 1. The van der Waals surface area contributed by atoms with Gasteiger partial charge in [-0.1, -0.05) is 0 Å². The zero-order valence-corrected chi connectivity index (χ0v) is 10.4. The Morgan fingerprint density at radius 3 is 1.55 bits per heavy atom. The Balaban J connectivity index is 0. The molecule has 118 valence electrons.